The Morgan fingerprint density at radius 1 is 1.29 bits per heavy atom. The summed E-state index contributed by atoms with van der Waals surface area (Å²) >= 11 is 0. The van der Waals surface area contributed by atoms with Crippen molar-refractivity contribution in [3.63, 3.8) is 0 Å². The SMILES string of the molecule is CN(C(=O)c1ccc2c(c1)OCCCO2)C1CCNC1.Cl. The Balaban J connectivity index is 0.00000161. The number of ether oxygens (including phenoxy) is 2. The van der Waals surface area contributed by atoms with Gasteiger partial charge in [-0.05, 0) is 31.2 Å². The van der Waals surface area contributed by atoms with E-state index in [1.54, 1.807) is 6.07 Å². The molecule has 1 unspecified atom stereocenters. The van der Waals surface area contributed by atoms with Crippen LogP contribution in [0, 0.1) is 0 Å². The standard InChI is InChI=1S/C15H20N2O3.ClH/c1-17(12-5-6-16-10-12)15(18)11-3-4-13-14(9-11)20-8-2-7-19-13;/h3-4,9,12,16H,2,5-8,10H2,1H3;1H. The van der Waals surface area contributed by atoms with Gasteiger partial charge >= 0.3 is 0 Å². The molecule has 1 aromatic carbocycles. The normalized spacial score (nSPS) is 20.3. The molecule has 21 heavy (non-hydrogen) atoms. The molecule has 0 aliphatic carbocycles. The van der Waals surface area contributed by atoms with Crippen LogP contribution in [0.5, 0.6) is 11.5 Å². The number of nitrogens with one attached hydrogen (secondary N) is 1. The van der Waals surface area contributed by atoms with Gasteiger partial charge in [0.1, 0.15) is 0 Å². The van der Waals surface area contributed by atoms with Crippen LogP contribution in [-0.2, 0) is 0 Å². The van der Waals surface area contributed by atoms with Crippen molar-refractivity contribution in [1.82, 2.24) is 10.2 Å². The van der Waals surface area contributed by atoms with Crippen LogP contribution in [0.3, 0.4) is 0 Å². The number of rotatable bonds is 2. The van der Waals surface area contributed by atoms with Crippen molar-refractivity contribution < 1.29 is 14.3 Å². The monoisotopic (exact) mass is 312 g/mol. The number of amides is 1. The maximum atomic E-state index is 12.5. The molecule has 2 aliphatic heterocycles. The number of fused-ring (bicyclic) bond motifs is 1. The van der Waals surface area contributed by atoms with E-state index in [4.69, 9.17) is 9.47 Å². The number of carbonyl (C=O) groups is 1. The first kappa shape index (κ1) is 15.9. The quantitative estimate of drug-likeness (QED) is 0.903. The van der Waals surface area contributed by atoms with Crippen LogP contribution in [0.25, 0.3) is 0 Å². The van der Waals surface area contributed by atoms with Crippen LogP contribution >= 0.6 is 12.4 Å². The van der Waals surface area contributed by atoms with Gasteiger partial charge in [-0.2, -0.15) is 0 Å². The Kier molecular flexibility index (Phi) is 5.31. The number of likely N-dealkylation sites (N-methyl/N-ethyl adjacent to an activating group) is 1. The van der Waals surface area contributed by atoms with E-state index in [1.165, 1.54) is 0 Å². The lowest BCUT2D eigenvalue weighted by Gasteiger charge is -2.24. The van der Waals surface area contributed by atoms with Gasteiger partial charge in [0, 0.05) is 31.6 Å². The molecule has 116 valence electrons. The van der Waals surface area contributed by atoms with E-state index in [2.05, 4.69) is 5.32 Å². The molecule has 6 heteroatoms. The predicted octanol–water partition coefficient (Wildman–Crippen LogP) is 1.70. The zero-order valence-corrected chi connectivity index (χ0v) is 12.9. The molecule has 1 saturated heterocycles. The van der Waals surface area contributed by atoms with Gasteiger partial charge < -0.3 is 19.7 Å². The Labute approximate surface area is 131 Å². The minimum atomic E-state index is 0. The van der Waals surface area contributed by atoms with Gasteiger partial charge in [-0.3, -0.25) is 4.79 Å². The maximum absolute atomic E-state index is 12.5. The van der Waals surface area contributed by atoms with E-state index in [0.29, 0.717) is 24.5 Å². The third-order valence-electron chi connectivity index (χ3n) is 3.90. The predicted molar refractivity (Wildman–Crippen MR) is 82.7 cm³/mol. The van der Waals surface area contributed by atoms with Gasteiger partial charge in [-0.15, -0.1) is 12.4 Å². The van der Waals surface area contributed by atoms with Gasteiger partial charge in [0.2, 0.25) is 0 Å². The highest BCUT2D eigenvalue weighted by Gasteiger charge is 2.25. The highest BCUT2D eigenvalue weighted by Crippen LogP contribution is 2.31. The van der Waals surface area contributed by atoms with Crippen LogP contribution in [-0.4, -0.2) is 50.2 Å². The van der Waals surface area contributed by atoms with Crippen LogP contribution in [0.2, 0.25) is 0 Å². The smallest absolute Gasteiger partial charge is 0.254 e. The summed E-state index contributed by atoms with van der Waals surface area (Å²) in [6.07, 6.45) is 1.87. The van der Waals surface area contributed by atoms with Gasteiger partial charge in [0.05, 0.1) is 13.2 Å². The second-order valence-corrected chi connectivity index (χ2v) is 5.27. The number of nitrogens with zero attached hydrogens (tertiary/aromatic N) is 1. The first-order valence-electron chi connectivity index (χ1n) is 7.13. The highest BCUT2D eigenvalue weighted by atomic mass is 35.5. The average molecular weight is 313 g/mol. The number of hydrogen-bond donors (Lipinski definition) is 1. The molecule has 0 saturated carbocycles. The summed E-state index contributed by atoms with van der Waals surface area (Å²) in [5.74, 6) is 1.44. The molecule has 0 radical (unpaired) electrons. The van der Waals surface area contributed by atoms with E-state index in [-0.39, 0.29) is 24.4 Å². The van der Waals surface area contributed by atoms with Crippen molar-refractivity contribution in [3.05, 3.63) is 23.8 Å². The Morgan fingerprint density at radius 3 is 2.76 bits per heavy atom. The Hall–Kier alpha value is -1.46. The van der Waals surface area contributed by atoms with Crippen molar-refractivity contribution in [3.8, 4) is 11.5 Å². The first-order chi connectivity index (χ1) is 9.75. The van der Waals surface area contributed by atoms with E-state index < -0.39 is 0 Å². The molecule has 2 aliphatic rings. The molecule has 1 N–H and O–H groups in total. The fourth-order valence-corrected chi connectivity index (χ4v) is 2.64. The molecule has 3 rings (SSSR count). The minimum Gasteiger partial charge on any atom is -0.490 e. The van der Waals surface area contributed by atoms with Gasteiger partial charge in [0.25, 0.3) is 5.91 Å². The first-order valence-corrected chi connectivity index (χ1v) is 7.13. The number of carbonyl (C=O) groups excluding carboxylic acids is 1. The van der Waals surface area contributed by atoms with Gasteiger partial charge in [0.15, 0.2) is 11.5 Å². The molecule has 1 amide bonds. The second-order valence-electron chi connectivity index (χ2n) is 5.27. The lowest BCUT2D eigenvalue weighted by Crippen LogP contribution is -2.38. The molecule has 0 spiro atoms. The zero-order chi connectivity index (χ0) is 13.9. The maximum Gasteiger partial charge on any atom is 0.254 e. The van der Waals surface area contributed by atoms with Crippen molar-refractivity contribution in [2.24, 2.45) is 0 Å². The van der Waals surface area contributed by atoms with E-state index in [1.807, 2.05) is 24.1 Å². The minimum absolute atomic E-state index is 0. The van der Waals surface area contributed by atoms with Crippen LogP contribution in [0.15, 0.2) is 18.2 Å². The summed E-state index contributed by atoms with van der Waals surface area (Å²) in [5.41, 5.74) is 0.656. The number of benzene rings is 1. The lowest BCUT2D eigenvalue weighted by atomic mass is 10.1. The summed E-state index contributed by atoms with van der Waals surface area (Å²) in [5, 5.41) is 3.28. The van der Waals surface area contributed by atoms with Crippen LogP contribution in [0.4, 0.5) is 0 Å². The molecule has 5 nitrogen and oxygen atoms in total. The van der Waals surface area contributed by atoms with Crippen molar-refractivity contribution >= 4 is 18.3 Å². The molecule has 0 aromatic heterocycles. The lowest BCUT2D eigenvalue weighted by molar-refractivity contribution is 0.0743. The molecule has 1 atom stereocenters. The summed E-state index contributed by atoms with van der Waals surface area (Å²) in [4.78, 5) is 14.3. The molecular weight excluding hydrogens is 292 g/mol. The average Bonchev–Trinajstić information content (AvgIpc) is 2.91. The topological polar surface area (TPSA) is 50.8 Å². The third kappa shape index (κ3) is 3.41. The Morgan fingerprint density at radius 2 is 2.05 bits per heavy atom. The van der Waals surface area contributed by atoms with Crippen LogP contribution in [0.1, 0.15) is 23.2 Å². The van der Waals surface area contributed by atoms with Crippen LogP contribution < -0.4 is 14.8 Å². The summed E-state index contributed by atoms with van der Waals surface area (Å²) in [6, 6.07) is 5.71. The number of halogens is 1. The second kappa shape index (κ2) is 7.00. The fraction of sp³-hybridized carbons (Fsp3) is 0.533. The van der Waals surface area contributed by atoms with E-state index >= 15 is 0 Å². The molecule has 0 bridgehead atoms. The summed E-state index contributed by atoms with van der Waals surface area (Å²) < 4.78 is 11.2. The molecular formula is C15H21ClN2O3. The van der Waals surface area contributed by atoms with Gasteiger partial charge in [-0.1, -0.05) is 0 Å². The van der Waals surface area contributed by atoms with Crippen molar-refractivity contribution in [1.29, 1.82) is 0 Å². The van der Waals surface area contributed by atoms with E-state index in [0.717, 1.165) is 31.7 Å². The van der Waals surface area contributed by atoms with Crippen molar-refractivity contribution in [2.45, 2.75) is 18.9 Å². The van der Waals surface area contributed by atoms with E-state index in [9.17, 15) is 4.79 Å². The fourth-order valence-electron chi connectivity index (χ4n) is 2.64. The van der Waals surface area contributed by atoms with Gasteiger partial charge in [-0.25, -0.2) is 0 Å². The molecule has 1 fully saturated rings. The summed E-state index contributed by atoms with van der Waals surface area (Å²) in [7, 11) is 1.86. The van der Waals surface area contributed by atoms with Crippen molar-refractivity contribution in [2.75, 3.05) is 33.4 Å². The zero-order valence-electron chi connectivity index (χ0n) is 12.1. The highest BCUT2D eigenvalue weighted by molar-refractivity contribution is 5.95. The summed E-state index contributed by atoms with van der Waals surface area (Å²) in [6.45, 7) is 3.14. The molecule has 1 aromatic rings. The molecule has 2 heterocycles. The third-order valence-corrected chi connectivity index (χ3v) is 3.90. The number of hydrogen-bond acceptors (Lipinski definition) is 4. The largest absolute Gasteiger partial charge is 0.490 e. The Bertz CT molecular complexity index is 504.